The summed E-state index contributed by atoms with van der Waals surface area (Å²) < 4.78 is 6.33. The van der Waals surface area contributed by atoms with E-state index < -0.39 is 0 Å². The second kappa shape index (κ2) is 7.20. The minimum absolute atomic E-state index is 0. The number of nitrogens with one attached hydrogen (secondary N) is 1. The van der Waals surface area contributed by atoms with Crippen molar-refractivity contribution in [1.82, 2.24) is 15.5 Å². The lowest BCUT2D eigenvalue weighted by Crippen LogP contribution is -2.21. The van der Waals surface area contributed by atoms with E-state index in [1.165, 1.54) is 12.8 Å². The molecule has 1 aliphatic heterocycles. The molecule has 6 heteroatoms. The number of benzene rings is 1. The number of aromatic nitrogens is 2. The minimum Gasteiger partial charge on any atom is -0.339 e. The summed E-state index contributed by atoms with van der Waals surface area (Å²) in [6, 6.07) is 8.54. The van der Waals surface area contributed by atoms with Gasteiger partial charge in [-0.05, 0) is 37.9 Å². The maximum absolute atomic E-state index is 5.31. The van der Waals surface area contributed by atoms with E-state index in [0.717, 1.165) is 35.3 Å². The topological polar surface area (TPSA) is 51.0 Å². The van der Waals surface area contributed by atoms with Crippen LogP contribution in [-0.2, 0) is 6.42 Å². The van der Waals surface area contributed by atoms with Gasteiger partial charge in [-0.3, -0.25) is 0 Å². The smallest absolute Gasteiger partial charge is 0.227 e. The van der Waals surface area contributed by atoms with E-state index in [9.17, 15) is 0 Å². The van der Waals surface area contributed by atoms with E-state index in [1.54, 1.807) is 0 Å². The first-order chi connectivity index (χ1) is 9.31. The molecule has 1 aromatic heterocycles. The SMILES string of the molecule is Brc1cccc(-c2noc(CCC3CCCN3)n2)c1.Cl. The van der Waals surface area contributed by atoms with Crippen molar-refractivity contribution in [3.63, 3.8) is 0 Å². The van der Waals surface area contributed by atoms with Crippen LogP contribution in [-0.4, -0.2) is 22.7 Å². The molecule has 0 aliphatic carbocycles. The molecule has 4 nitrogen and oxygen atoms in total. The largest absolute Gasteiger partial charge is 0.339 e. The second-order valence-corrected chi connectivity index (χ2v) is 5.77. The zero-order valence-corrected chi connectivity index (χ0v) is 13.4. The molecule has 1 saturated heterocycles. The number of hydrogen-bond acceptors (Lipinski definition) is 4. The van der Waals surface area contributed by atoms with Crippen molar-refractivity contribution in [2.45, 2.75) is 31.7 Å². The number of hydrogen-bond donors (Lipinski definition) is 1. The molecule has 1 aliphatic rings. The molecule has 2 heterocycles. The maximum atomic E-state index is 5.31. The Hall–Kier alpha value is -0.910. The molecule has 3 rings (SSSR count). The van der Waals surface area contributed by atoms with Crippen LogP contribution in [0.3, 0.4) is 0 Å². The zero-order chi connectivity index (χ0) is 13.1. The number of aryl methyl sites for hydroxylation is 1. The van der Waals surface area contributed by atoms with Crippen molar-refractivity contribution in [2.75, 3.05) is 6.54 Å². The lowest BCUT2D eigenvalue weighted by atomic mass is 10.1. The molecule has 1 atom stereocenters. The third-order valence-corrected chi connectivity index (χ3v) is 3.91. The van der Waals surface area contributed by atoms with Gasteiger partial charge >= 0.3 is 0 Å². The monoisotopic (exact) mass is 357 g/mol. The van der Waals surface area contributed by atoms with Gasteiger partial charge in [0.15, 0.2) is 0 Å². The zero-order valence-electron chi connectivity index (χ0n) is 11.0. The van der Waals surface area contributed by atoms with Gasteiger partial charge in [0, 0.05) is 22.5 Å². The van der Waals surface area contributed by atoms with Gasteiger partial charge in [0.2, 0.25) is 11.7 Å². The van der Waals surface area contributed by atoms with Gasteiger partial charge in [0.1, 0.15) is 0 Å². The average molecular weight is 359 g/mol. The predicted molar refractivity (Wildman–Crippen MR) is 84.0 cm³/mol. The second-order valence-electron chi connectivity index (χ2n) is 4.85. The van der Waals surface area contributed by atoms with Gasteiger partial charge in [-0.1, -0.05) is 33.2 Å². The fourth-order valence-corrected chi connectivity index (χ4v) is 2.80. The van der Waals surface area contributed by atoms with Gasteiger partial charge in [-0.25, -0.2) is 0 Å². The molecule has 2 aromatic rings. The van der Waals surface area contributed by atoms with Crippen LogP contribution in [0.1, 0.15) is 25.2 Å². The highest BCUT2D eigenvalue weighted by Crippen LogP contribution is 2.21. The Morgan fingerprint density at radius 1 is 1.40 bits per heavy atom. The Bertz CT molecular complexity index is 555. The van der Waals surface area contributed by atoms with Crippen LogP contribution in [0.4, 0.5) is 0 Å². The number of halogens is 2. The molecule has 1 aromatic carbocycles. The molecule has 0 radical (unpaired) electrons. The predicted octanol–water partition coefficient (Wildman–Crippen LogP) is 3.61. The normalized spacial score (nSPS) is 17.9. The highest BCUT2D eigenvalue weighted by molar-refractivity contribution is 9.10. The van der Waals surface area contributed by atoms with Crippen molar-refractivity contribution in [1.29, 1.82) is 0 Å². The first-order valence-corrected chi connectivity index (χ1v) is 7.42. The summed E-state index contributed by atoms with van der Waals surface area (Å²) in [5.74, 6) is 1.39. The molecule has 1 N–H and O–H groups in total. The van der Waals surface area contributed by atoms with E-state index in [0.29, 0.717) is 11.9 Å². The lowest BCUT2D eigenvalue weighted by Gasteiger charge is -2.06. The summed E-state index contributed by atoms with van der Waals surface area (Å²) in [4.78, 5) is 4.46. The Kier molecular flexibility index (Phi) is 5.57. The highest BCUT2D eigenvalue weighted by Gasteiger charge is 2.16. The Labute approximate surface area is 132 Å². The number of rotatable bonds is 4. The van der Waals surface area contributed by atoms with Crippen LogP contribution in [0.25, 0.3) is 11.4 Å². The van der Waals surface area contributed by atoms with Crippen molar-refractivity contribution >= 4 is 28.3 Å². The molecule has 0 bridgehead atoms. The van der Waals surface area contributed by atoms with Gasteiger partial charge in [-0.2, -0.15) is 4.98 Å². The summed E-state index contributed by atoms with van der Waals surface area (Å²) in [7, 11) is 0. The highest BCUT2D eigenvalue weighted by atomic mass is 79.9. The number of nitrogens with zero attached hydrogens (tertiary/aromatic N) is 2. The summed E-state index contributed by atoms with van der Waals surface area (Å²) >= 11 is 3.45. The van der Waals surface area contributed by atoms with Crippen LogP contribution in [0.5, 0.6) is 0 Å². The van der Waals surface area contributed by atoms with Crippen molar-refractivity contribution in [2.24, 2.45) is 0 Å². The summed E-state index contributed by atoms with van der Waals surface area (Å²) in [6.45, 7) is 1.14. The van der Waals surface area contributed by atoms with E-state index in [1.807, 2.05) is 24.3 Å². The van der Waals surface area contributed by atoms with Gasteiger partial charge < -0.3 is 9.84 Å². The van der Waals surface area contributed by atoms with Crippen molar-refractivity contribution in [3.05, 3.63) is 34.6 Å². The first kappa shape index (κ1) is 15.5. The molecule has 0 saturated carbocycles. The molecule has 108 valence electrons. The van der Waals surface area contributed by atoms with Crippen LogP contribution >= 0.6 is 28.3 Å². The molecular weight excluding hydrogens is 342 g/mol. The lowest BCUT2D eigenvalue weighted by molar-refractivity contribution is 0.369. The fourth-order valence-electron chi connectivity index (χ4n) is 2.40. The first-order valence-electron chi connectivity index (χ1n) is 6.63. The van der Waals surface area contributed by atoms with Crippen LogP contribution in [0.15, 0.2) is 33.3 Å². The maximum Gasteiger partial charge on any atom is 0.227 e. The molecule has 20 heavy (non-hydrogen) atoms. The summed E-state index contributed by atoms with van der Waals surface area (Å²) in [5, 5.41) is 7.52. The van der Waals surface area contributed by atoms with Gasteiger partial charge in [-0.15, -0.1) is 12.4 Å². The standard InChI is InChI=1S/C14H16BrN3O.ClH/c15-11-4-1-3-10(9-11)14-17-13(19-18-14)7-6-12-5-2-8-16-12;/h1,3-4,9,12,16H,2,5-8H2;1H. The summed E-state index contributed by atoms with van der Waals surface area (Å²) in [5.41, 5.74) is 0.975. The third kappa shape index (κ3) is 3.81. The van der Waals surface area contributed by atoms with E-state index >= 15 is 0 Å². The molecule has 0 spiro atoms. The van der Waals surface area contributed by atoms with E-state index in [4.69, 9.17) is 4.52 Å². The van der Waals surface area contributed by atoms with Crippen LogP contribution < -0.4 is 5.32 Å². The van der Waals surface area contributed by atoms with Crippen molar-refractivity contribution < 1.29 is 4.52 Å². The minimum atomic E-state index is 0. The van der Waals surface area contributed by atoms with Crippen LogP contribution in [0.2, 0.25) is 0 Å². The average Bonchev–Trinajstić information content (AvgIpc) is 3.08. The molecule has 1 unspecified atom stereocenters. The molecular formula is C14H17BrClN3O. The van der Waals surface area contributed by atoms with Crippen molar-refractivity contribution in [3.8, 4) is 11.4 Å². The van der Waals surface area contributed by atoms with Gasteiger partial charge in [0.05, 0.1) is 0 Å². The van der Waals surface area contributed by atoms with Gasteiger partial charge in [0.25, 0.3) is 0 Å². The quantitative estimate of drug-likeness (QED) is 0.907. The Morgan fingerprint density at radius 3 is 3.05 bits per heavy atom. The van der Waals surface area contributed by atoms with E-state index in [-0.39, 0.29) is 12.4 Å². The molecule has 1 fully saturated rings. The fraction of sp³-hybridized carbons (Fsp3) is 0.429. The summed E-state index contributed by atoms with van der Waals surface area (Å²) in [6.07, 6.45) is 4.45. The molecule has 0 amide bonds. The van der Waals surface area contributed by atoms with E-state index in [2.05, 4.69) is 31.4 Å². The van der Waals surface area contributed by atoms with Crippen LogP contribution in [0, 0.1) is 0 Å². The third-order valence-electron chi connectivity index (χ3n) is 3.42. The Morgan fingerprint density at radius 2 is 2.30 bits per heavy atom. The Balaban J connectivity index is 0.00000147.